The highest BCUT2D eigenvalue weighted by Crippen LogP contribution is 2.24. The first-order valence-corrected chi connectivity index (χ1v) is 9.83. The molecule has 3 aromatic rings. The summed E-state index contributed by atoms with van der Waals surface area (Å²) in [7, 11) is 1.60. The lowest BCUT2D eigenvalue weighted by molar-refractivity contribution is -0.122. The van der Waals surface area contributed by atoms with Crippen LogP contribution in [0.3, 0.4) is 0 Å². The molecule has 1 amide bonds. The van der Waals surface area contributed by atoms with E-state index >= 15 is 0 Å². The van der Waals surface area contributed by atoms with Gasteiger partial charge in [-0.15, -0.1) is 0 Å². The van der Waals surface area contributed by atoms with Crippen LogP contribution in [0.1, 0.15) is 43.7 Å². The molecule has 1 unspecified atom stereocenters. The third kappa shape index (κ3) is 5.43. The molecule has 1 heterocycles. The number of hydrogen-bond donors (Lipinski definition) is 1. The Morgan fingerprint density at radius 1 is 1.20 bits per heavy atom. The lowest BCUT2D eigenvalue weighted by Gasteiger charge is -2.19. The van der Waals surface area contributed by atoms with Crippen molar-refractivity contribution in [3.8, 4) is 17.1 Å². The first-order valence-electron chi connectivity index (χ1n) is 9.83. The number of nitrogens with one attached hydrogen (secondary N) is 1. The molecule has 0 spiro atoms. The molecular weight excluding hydrogens is 390 g/mol. The highest BCUT2D eigenvalue weighted by molar-refractivity contribution is 5.76. The molecule has 0 aliphatic rings. The van der Waals surface area contributed by atoms with Crippen LogP contribution in [0.15, 0.2) is 53.1 Å². The highest BCUT2D eigenvalue weighted by Gasteiger charge is 2.18. The van der Waals surface area contributed by atoms with E-state index in [1.165, 1.54) is 12.1 Å². The number of halogens is 2. The van der Waals surface area contributed by atoms with Crippen LogP contribution >= 0.6 is 0 Å². The lowest BCUT2D eigenvalue weighted by atomic mass is 10.0. The number of nitrogens with zero attached hydrogens (tertiary/aromatic N) is 1. The average molecular weight is 414 g/mol. The quantitative estimate of drug-likeness (QED) is 0.521. The van der Waals surface area contributed by atoms with E-state index in [-0.39, 0.29) is 17.9 Å². The number of ether oxygens (including phenoxy) is 1. The van der Waals surface area contributed by atoms with E-state index in [9.17, 15) is 13.6 Å². The maximum atomic E-state index is 14.1. The first kappa shape index (κ1) is 21.5. The van der Waals surface area contributed by atoms with Gasteiger partial charge in [0.15, 0.2) is 11.7 Å². The Labute approximate surface area is 174 Å². The number of aromatic nitrogens is 1. The molecule has 30 heavy (non-hydrogen) atoms. The number of rotatable bonds is 9. The van der Waals surface area contributed by atoms with Crippen molar-refractivity contribution in [2.45, 2.75) is 38.6 Å². The number of carbonyl (C=O) groups excluding carboxylic acids is 1. The number of benzene rings is 2. The monoisotopic (exact) mass is 414 g/mol. The zero-order chi connectivity index (χ0) is 21.5. The van der Waals surface area contributed by atoms with E-state index in [1.54, 1.807) is 13.3 Å². The number of aryl methyl sites for hydroxylation is 1. The molecule has 0 saturated carbocycles. The zero-order valence-electron chi connectivity index (χ0n) is 17.0. The van der Waals surface area contributed by atoms with Crippen molar-refractivity contribution in [1.29, 1.82) is 0 Å². The predicted octanol–water partition coefficient (Wildman–Crippen LogP) is 5.22. The molecule has 2 aromatic carbocycles. The molecule has 1 aromatic heterocycles. The second-order valence-corrected chi connectivity index (χ2v) is 6.92. The Kier molecular flexibility index (Phi) is 7.17. The standard InChI is InChI=1S/C23H24F2N2O3/c1-3-4-20(18-10-7-16(24)13-19(18)25)27-22(28)11-12-23-26-14-21(30-23)15-5-8-17(29-2)9-6-15/h5-10,13-14,20H,3-4,11-12H2,1-2H3,(H,27,28). The average Bonchev–Trinajstić information content (AvgIpc) is 3.21. The first-order chi connectivity index (χ1) is 14.5. The van der Waals surface area contributed by atoms with Crippen LogP contribution in [0.5, 0.6) is 5.75 Å². The van der Waals surface area contributed by atoms with Gasteiger partial charge in [-0.2, -0.15) is 0 Å². The van der Waals surface area contributed by atoms with Crippen LogP contribution in [0.4, 0.5) is 8.78 Å². The number of oxazole rings is 1. The molecule has 1 N–H and O–H groups in total. The van der Waals surface area contributed by atoms with E-state index < -0.39 is 17.7 Å². The Morgan fingerprint density at radius 3 is 2.63 bits per heavy atom. The molecule has 5 nitrogen and oxygen atoms in total. The second-order valence-electron chi connectivity index (χ2n) is 6.92. The molecular formula is C23H24F2N2O3. The smallest absolute Gasteiger partial charge is 0.220 e. The van der Waals surface area contributed by atoms with Gasteiger partial charge in [0.1, 0.15) is 17.4 Å². The summed E-state index contributed by atoms with van der Waals surface area (Å²) in [6.07, 6.45) is 3.36. The van der Waals surface area contributed by atoms with Crippen LogP contribution in [0.2, 0.25) is 0 Å². The van der Waals surface area contributed by atoms with Gasteiger partial charge in [-0.1, -0.05) is 19.4 Å². The van der Waals surface area contributed by atoms with Crippen molar-refractivity contribution < 1.29 is 22.7 Å². The number of methoxy groups -OCH3 is 1. The van der Waals surface area contributed by atoms with Gasteiger partial charge >= 0.3 is 0 Å². The molecule has 158 valence electrons. The SMILES string of the molecule is CCCC(NC(=O)CCc1ncc(-c2ccc(OC)cc2)o1)c1ccc(F)cc1F. The Hall–Kier alpha value is -3.22. The van der Waals surface area contributed by atoms with E-state index in [0.717, 1.165) is 23.8 Å². The van der Waals surface area contributed by atoms with Gasteiger partial charge in [0, 0.05) is 30.0 Å². The summed E-state index contributed by atoms with van der Waals surface area (Å²) in [5.74, 6) is 0.233. The van der Waals surface area contributed by atoms with Crippen LogP contribution in [0, 0.1) is 11.6 Å². The predicted molar refractivity (Wildman–Crippen MR) is 109 cm³/mol. The fourth-order valence-corrected chi connectivity index (χ4v) is 3.18. The van der Waals surface area contributed by atoms with Crippen molar-refractivity contribution in [2.75, 3.05) is 7.11 Å². The lowest BCUT2D eigenvalue weighted by Crippen LogP contribution is -2.29. The van der Waals surface area contributed by atoms with Crippen molar-refractivity contribution >= 4 is 5.91 Å². The molecule has 0 fully saturated rings. The van der Waals surface area contributed by atoms with E-state index in [2.05, 4.69) is 10.3 Å². The van der Waals surface area contributed by atoms with E-state index in [0.29, 0.717) is 24.5 Å². The fourth-order valence-electron chi connectivity index (χ4n) is 3.18. The van der Waals surface area contributed by atoms with Crippen LogP contribution in [0.25, 0.3) is 11.3 Å². The van der Waals surface area contributed by atoms with Crippen LogP contribution in [-0.4, -0.2) is 18.0 Å². The van der Waals surface area contributed by atoms with Crippen molar-refractivity contribution in [2.24, 2.45) is 0 Å². The Morgan fingerprint density at radius 2 is 1.97 bits per heavy atom. The molecule has 0 aliphatic carbocycles. The fraction of sp³-hybridized carbons (Fsp3) is 0.304. The summed E-state index contributed by atoms with van der Waals surface area (Å²) < 4.78 is 38.2. The number of amides is 1. The Bertz CT molecular complexity index is 986. The maximum Gasteiger partial charge on any atom is 0.220 e. The van der Waals surface area contributed by atoms with Gasteiger partial charge in [0.2, 0.25) is 5.91 Å². The van der Waals surface area contributed by atoms with Crippen LogP contribution in [-0.2, 0) is 11.2 Å². The van der Waals surface area contributed by atoms with Gasteiger partial charge in [0.05, 0.1) is 19.3 Å². The summed E-state index contributed by atoms with van der Waals surface area (Å²) in [4.78, 5) is 16.6. The minimum atomic E-state index is -0.661. The van der Waals surface area contributed by atoms with E-state index in [4.69, 9.17) is 9.15 Å². The molecule has 0 bridgehead atoms. The summed E-state index contributed by atoms with van der Waals surface area (Å²) in [6.45, 7) is 1.94. The summed E-state index contributed by atoms with van der Waals surface area (Å²) >= 11 is 0. The van der Waals surface area contributed by atoms with Crippen molar-refractivity contribution in [3.05, 3.63) is 71.8 Å². The topological polar surface area (TPSA) is 64.4 Å². The highest BCUT2D eigenvalue weighted by atomic mass is 19.1. The zero-order valence-corrected chi connectivity index (χ0v) is 17.0. The Balaban J connectivity index is 1.59. The van der Waals surface area contributed by atoms with Crippen LogP contribution < -0.4 is 10.1 Å². The van der Waals surface area contributed by atoms with Gasteiger partial charge < -0.3 is 14.5 Å². The summed E-state index contributed by atoms with van der Waals surface area (Å²) in [6, 6.07) is 10.3. The number of hydrogen-bond acceptors (Lipinski definition) is 4. The van der Waals surface area contributed by atoms with Gasteiger partial charge in [-0.05, 0) is 36.8 Å². The minimum Gasteiger partial charge on any atom is -0.497 e. The number of carbonyl (C=O) groups is 1. The van der Waals surface area contributed by atoms with Gasteiger partial charge in [-0.3, -0.25) is 4.79 Å². The third-order valence-electron chi connectivity index (χ3n) is 4.74. The maximum absolute atomic E-state index is 14.1. The molecule has 1 atom stereocenters. The molecule has 0 saturated heterocycles. The normalized spacial score (nSPS) is 11.9. The van der Waals surface area contributed by atoms with Gasteiger partial charge in [0.25, 0.3) is 0 Å². The molecule has 0 aliphatic heterocycles. The molecule has 7 heteroatoms. The molecule has 0 radical (unpaired) electrons. The molecule has 3 rings (SSSR count). The van der Waals surface area contributed by atoms with Gasteiger partial charge in [-0.25, -0.2) is 13.8 Å². The second kappa shape index (κ2) is 10.0. The van der Waals surface area contributed by atoms with E-state index in [1.807, 2.05) is 31.2 Å². The summed E-state index contributed by atoms with van der Waals surface area (Å²) in [5, 5.41) is 2.83. The summed E-state index contributed by atoms with van der Waals surface area (Å²) in [5.41, 5.74) is 1.14. The van der Waals surface area contributed by atoms with Crippen molar-refractivity contribution in [3.63, 3.8) is 0 Å². The third-order valence-corrected chi connectivity index (χ3v) is 4.74. The minimum absolute atomic E-state index is 0.144. The van der Waals surface area contributed by atoms with Crippen molar-refractivity contribution in [1.82, 2.24) is 10.3 Å². The largest absolute Gasteiger partial charge is 0.497 e.